The van der Waals surface area contributed by atoms with Crippen molar-refractivity contribution in [2.75, 3.05) is 36.4 Å². The number of piperazine rings is 1. The maximum absolute atomic E-state index is 12.9. The summed E-state index contributed by atoms with van der Waals surface area (Å²) in [6.07, 6.45) is 0. The third kappa shape index (κ3) is 4.98. The Morgan fingerprint density at radius 1 is 0.938 bits per heavy atom. The molecule has 0 spiro atoms. The van der Waals surface area contributed by atoms with Crippen molar-refractivity contribution in [2.45, 2.75) is 6.92 Å². The van der Waals surface area contributed by atoms with Crippen molar-refractivity contribution in [1.29, 1.82) is 0 Å². The molecule has 1 aromatic heterocycles. The molecule has 1 fully saturated rings. The van der Waals surface area contributed by atoms with Crippen molar-refractivity contribution in [1.82, 2.24) is 9.88 Å². The molecule has 1 N–H and O–H groups in total. The Labute approximate surface area is 194 Å². The maximum atomic E-state index is 12.9. The fourth-order valence-corrected chi connectivity index (χ4v) is 4.24. The molecule has 0 unspecified atom stereocenters. The molecule has 0 saturated carbocycles. The summed E-state index contributed by atoms with van der Waals surface area (Å²) in [6.45, 7) is 4.06. The molecule has 164 valence electrons. The van der Waals surface area contributed by atoms with Crippen LogP contribution in [0, 0.1) is 0 Å². The smallest absolute Gasteiger partial charge is 0.273 e. The van der Waals surface area contributed by atoms with Gasteiger partial charge in [0.05, 0.1) is 0 Å². The van der Waals surface area contributed by atoms with Crippen LogP contribution in [-0.2, 0) is 0 Å². The van der Waals surface area contributed by atoms with Gasteiger partial charge in [-0.05, 0) is 55.5 Å². The third-order valence-corrected chi connectivity index (χ3v) is 6.27. The van der Waals surface area contributed by atoms with Crippen LogP contribution in [0.25, 0.3) is 0 Å². The van der Waals surface area contributed by atoms with Crippen LogP contribution in [0.15, 0.2) is 53.9 Å². The number of nitrogens with one attached hydrogen (secondary N) is 1. The second-order valence-corrected chi connectivity index (χ2v) is 8.68. The van der Waals surface area contributed by atoms with Crippen molar-refractivity contribution >= 4 is 51.4 Å². The lowest BCUT2D eigenvalue weighted by atomic mass is 10.1. The molecule has 1 saturated heterocycles. The van der Waals surface area contributed by atoms with Crippen LogP contribution in [0.3, 0.4) is 0 Å². The summed E-state index contributed by atoms with van der Waals surface area (Å²) in [5, 5.41) is 5.30. The molecule has 4 rings (SSSR count). The van der Waals surface area contributed by atoms with E-state index in [2.05, 4.69) is 15.2 Å². The number of anilines is 2. The van der Waals surface area contributed by atoms with Crippen LogP contribution >= 0.6 is 22.9 Å². The summed E-state index contributed by atoms with van der Waals surface area (Å²) in [5.74, 6) is -0.418. The van der Waals surface area contributed by atoms with Crippen molar-refractivity contribution in [3.63, 3.8) is 0 Å². The van der Waals surface area contributed by atoms with Crippen LogP contribution in [0.1, 0.15) is 38.1 Å². The van der Waals surface area contributed by atoms with E-state index in [1.54, 1.807) is 41.5 Å². The number of thiazole rings is 1. The Balaban J connectivity index is 1.33. The molecule has 1 aliphatic rings. The first-order chi connectivity index (χ1) is 15.4. The highest BCUT2D eigenvalue weighted by Gasteiger charge is 2.24. The number of carbonyl (C=O) groups excluding carboxylic acids is 3. The number of aromatic nitrogens is 1. The summed E-state index contributed by atoms with van der Waals surface area (Å²) in [6, 6.07) is 14.1. The SMILES string of the molecule is CC(=O)c1ccc(N2CCN(C(=O)c3csc(NC(=O)c4ccc(Cl)cc4)n3)CC2)cc1. The van der Waals surface area contributed by atoms with E-state index in [-0.39, 0.29) is 17.6 Å². The fraction of sp³-hybridized carbons (Fsp3) is 0.217. The summed E-state index contributed by atoms with van der Waals surface area (Å²) in [4.78, 5) is 44.9. The zero-order chi connectivity index (χ0) is 22.7. The van der Waals surface area contributed by atoms with Crippen LogP contribution in [-0.4, -0.2) is 53.7 Å². The number of amides is 2. The zero-order valence-corrected chi connectivity index (χ0v) is 18.9. The van der Waals surface area contributed by atoms with Gasteiger partial charge in [-0.15, -0.1) is 11.3 Å². The first kappa shape index (κ1) is 22.0. The van der Waals surface area contributed by atoms with Gasteiger partial charge in [-0.2, -0.15) is 0 Å². The number of benzene rings is 2. The quantitative estimate of drug-likeness (QED) is 0.567. The molecule has 0 bridgehead atoms. The van der Waals surface area contributed by atoms with E-state index >= 15 is 0 Å². The molecule has 2 aromatic carbocycles. The number of hydrogen-bond donors (Lipinski definition) is 1. The van der Waals surface area contributed by atoms with Gasteiger partial charge in [0.15, 0.2) is 10.9 Å². The highest BCUT2D eigenvalue weighted by Crippen LogP contribution is 2.21. The maximum Gasteiger partial charge on any atom is 0.273 e. The fourth-order valence-electron chi connectivity index (χ4n) is 3.44. The molecule has 9 heteroatoms. The molecule has 1 aliphatic heterocycles. The minimum absolute atomic E-state index is 0.0407. The summed E-state index contributed by atoms with van der Waals surface area (Å²) < 4.78 is 0. The lowest BCUT2D eigenvalue weighted by Crippen LogP contribution is -2.48. The highest BCUT2D eigenvalue weighted by molar-refractivity contribution is 7.14. The standard InChI is InChI=1S/C23H21ClN4O3S/c1-15(29)16-4-8-19(9-5-16)27-10-12-28(13-11-27)22(31)20-14-32-23(25-20)26-21(30)17-2-6-18(24)7-3-17/h2-9,14H,10-13H2,1H3,(H,25,26,30). The molecule has 0 aliphatic carbocycles. The van der Waals surface area contributed by atoms with Gasteiger partial charge in [0.2, 0.25) is 0 Å². The molecule has 0 radical (unpaired) electrons. The van der Waals surface area contributed by atoms with Gasteiger partial charge < -0.3 is 9.80 Å². The average molecular weight is 469 g/mol. The molecule has 7 nitrogen and oxygen atoms in total. The lowest BCUT2D eigenvalue weighted by molar-refractivity contribution is 0.0741. The van der Waals surface area contributed by atoms with Gasteiger partial charge in [-0.3, -0.25) is 19.7 Å². The van der Waals surface area contributed by atoms with Crippen molar-refractivity contribution in [3.05, 3.63) is 75.8 Å². The van der Waals surface area contributed by atoms with Crippen molar-refractivity contribution < 1.29 is 14.4 Å². The number of halogens is 1. The predicted octanol–water partition coefficient (Wildman–Crippen LogP) is 4.21. The van der Waals surface area contributed by atoms with E-state index in [1.807, 2.05) is 24.3 Å². The van der Waals surface area contributed by atoms with E-state index in [0.29, 0.717) is 53.2 Å². The van der Waals surface area contributed by atoms with Crippen LogP contribution in [0.5, 0.6) is 0 Å². The van der Waals surface area contributed by atoms with Gasteiger partial charge in [0.1, 0.15) is 5.69 Å². The molecule has 0 atom stereocenters. The number of ketones is 1. The number of carbonyl (C=O) groups is 3. The Morgan fingerprint density at radius 3 is 2.19 bits per heavy atom. The van der Waals surface area contributed by atoms with Crippen molar-refractivity contribution in [2.24, 2.45) is 0 Å². The zero-order valence-electron chi connectivity index (χ0n) is 17.4. The lowest BCUT2D eigenvalue weighted by Gasteiger charge is -2.35. The topological polar surface area (TPSA) is 82.6 Å². The monoisotopic (exact) mass is 468 g/mol. The van der Waals surface area contributed by atoms with E-state index in [9.17, 15) is 14.4 Å². The van der Waals surface area contributed by atoms with E-state index in [4.69, 9.17) is 11.6 Å². The summed E-state index contributed by atoms with van der Waals surface area (Å²) in [7, 11) is 0. The van der Waals surface area contributed by atoms with Gasteiger partial charge in [-0.25, -0.2) is 4.98 Å². The second-order valence-electron chi connectivity index (χ2n) is 7.38. The highest BCUT2D eigenvalue weighted by atomic mass is 35.5. The van der Waals surface area contributed by atoms with Crippen LogP contribution in [0.2, 0.25) is 5.02 Å². The Bertz CT molecular complexity index is 1140. The first-order valence-electron chi connectivity index (χ1n) is 10.1. The number of Topliss-reactive ketones (excluding diaryl/α,β-unsaturated/α-hetero) is 1. The van der Waals surface area contributed by atoms with E-state index < -0.39 is 0 Å². The Hall–Kier alpha value is -3.23. The molecule has 3 aromatic rings. The number of hydrogen-bond acceptors (Lipinski definition) is 6. The second kappa shape index (κ2) is 9.50. The molecule has 2 heterocycles. The normalized spacial score (nSPS) is 13.7. The number of rotatable bonds is 5. The minimum atomic E-state index is -0.306. The Morgan fingerprint density at radius 2 is 1.56 bits per heavy atom. The van der Waals surface area contributed by atoms with Crippen LogP contribution < -0.4 is 10.2 Å². The van der Waals surface area contributed by atoms with Gasteiger partial charge in [-0.1, -0.05) is 11.6 Å². The predicted molar refractivity (Wildman–Crippen MR) is 126 cm³/mol. The number of nitrogens with zero attached hydrogens (tertiary/aromatic N) is 3. The van der Waals surface area contributed by atoms with Crippen molar-refractivity contribution in [3.8, 4) is 0 Å². The van der Waals surface area contributed by atoms with Crippen LogP contribution in [0.4, 0.5) is 10.8 Å². The third-order valence-electron chi connectivity index (χ3n) is 5.26. The van der Waals surface area contributed by atoms with E-state index in [1.165, 1.54) is 11.3 Å². The van der Waals surface area contributed by atoms with Gasteiger partial charge in [0.25, 0.3) is 11.8 Å². The molecular formula is C23H21ClN4O3S. The largest absolute Gasteiger partial charge is 0.368 e. The minimum Gasteiger partial charge on any atom is -0.368 e. The molecule has 2 amide bonds. The van der Waals surface area contributed by atoms with Gasteiger partial charge >= 0.3 is 0 Å². The summed E-state index contributed by atoms with van der Waals surface area (Å²) in [5.41, 5.74) is 2.50. The first-order valence-corrected chi connectivity index (χ1v) is 11.3. The van der Waals surface area contributed by atoms with E-state index in [0.717, 1.165) is 5.69 Å². The Kier molecular flexibility index (Phi) is 6.53. The summed E-state index contributed by atoms with van der Waals surface area (Å²) >= 11 is 7.06. The average Bonchev–Trinajstić information content (AvgIpc) is 3.27. The molecule has 32 heavy (non-hydrogen) atoms. The molecular weight excluding hydrogens is 448 g/mol. The van der Waals surface area contributed by atoms with Gasteiger partial charge in [0, 0.05) is 53.4 Å².